The first-order valence-electron chi connectivity index (χ1n) is 9.09. The quantitative estimate of drug-likeness (QED) is 0.691. The second-order valence-corrected chi connectivity index (χ2v) is 7.87. The Kier molecular flexibility index (Phi) is 6.69. The molecule has 0 atom stereocenters. The molecule has 0 N–H and O–H groups in total. The highest BCUT2D eigenvalue weighted by atomic mass is 16.5. The third kappa shape index (κ3) is 5.88. The molecule has 1 aliphatic carbocycles. The summed E-state index contributed by atoms with van der Waals surface area (Å²) in [6.45, 7) is 13.1. The van der Waals surface area contributed by atoms with E-state index in [1.54, 1.807) is 0 Å². The van der Waals surface area contributed by atoms with Gasteiger partial charge < -0.3 is 9.64 Å². The summed E-state index contributed by atoms with van der Waals surface area (Å²) in [5, 5.41) is 0. The van der Waals surface area contributed by atoms with Crippen LogP contribution in [-0.2, 0) is 9.53 Å². The van der Waals surface area contributed by atoms with E-state index >= 15 is 0 Å². The third-order valence-corrected chi connectivity index (χ3v) is 4.43. The van der Waals surface area contributed by atoms with Gasteiger partial charge in [0.25, 0.3) is 0 Å². The monoisotopic (exact) mass is 310 g/mol. The maximum Gasteiger partial charge on any atom is 0.237 e. The molecule has 2 aliphatic rings. The Labute approximate surface area is 136 Å². The van der Waals surface area contributed by atoms with Crippen LogP contribution in [0.3, 0.4) is 0 Å². The first-order chi connectivity index (χ1) is 10.5. The summed E-state index contributed by atoms with van der Waals surface area (Å²) in [7, 11) is 0. The number of piperidine rings is 1. The molecule has 4 heteroatoms. The van der Waals surface area contributed by atoms with Crippen LogP contribution in [0, 0.1) is 11.8 Å². The van der Waals surface area contributed by atoms with Crippen LogP contribution in [0.25, 0.3) is 0 Å². The summed E-state index contributed by atoms with van der Waals surface area (Å²) in [4.78, 5) is 17.0. The van der Waals surface area contributed by atoms with Crippen molar-refractivity contribution in [3.63, 3.8) is 0 Å². The Hall–Kier alpha value is -0.610. The summed E-state index contributed by atoms with van der Waals surface area (Å²) in [6.07, 6.45) is 4.91. The maximum atomic E-state index is 12.6. The molecule has 1 heterocycles. The Morgan fingerprint density at radius 2 is 1.73 bits per heavy atom. The second-order valence-electron chi connectivity index (χ2n) is 7.87. The highest BCUT2D eigenvalue weighted by Gasteiger charge is 2.33. The maximum absolute atomic E-state index is 12.6. The average molecular weight is 310 g/mol. The largest absolute Gasteiger partial charge is 0.378 e. The normalized spacial score (nSPS) is 20.8. The Bertz CT molecular complexity index is 345. The van der Waals surface area contributed by atoms with Crippen LogP contribution < -0.4 is 0 Å². The molecule has 128 valence electrons. The van der Waals surface area contributed by atoms with E-state index < -0.39 is 0 Å². The molecule has 1 amide bonds. The van der Waals surface area contributed by atoms with Crippen LogP contribution in [0.1, 0.15) is 53.4 Å². The number of carbonyl (C=O) groups excluding carboxylic acids is 1. The summed E-state index contributed by atoms with van der Waals surface area (Å²) in [6, 6.07) is 0.529. The van der Waals surface area contributed by atoms with Gasteiger partial charge in [-0.05, 0) is 37.5 Å². The Morgan fingerprint density at radius 3 is 2.23 bits per heavy atom. The number of carbonyl (C=O) groups is 1. The van der Waals surface area contributed by atoms with Gasteiger partial charge in [0, 0.05) is 32.3 Å². The van der Waals surface area contributed by atoms with E-state index in [0.717, 1.165) is 39.1 Å². The van der Waals surface area contributed by atoms with Crippen LogP contribution in [0.4, 0.5) is 0 Å². The van der Waals surface area contributed by atoms with Gasteiger partial charge >= 0.3 is 0 Å². The molecule has 1 saturated carbocycles. The van der Waals surface area contributed by atoms with Gasteiger partial charge in [-0.3, -0.25) is 9.69 Å². The number of likely N-dealkylation sites (tertiary alicyclic amines) is 1. The number of ether oxygens (including phenoxy) is 1. The van der Waals surface area contributed by atoms with Crippen molar-refractivity contribution in [2.24, 2.45) is 11.8 Å². The zero-order valence-electron chi connectivity index (χ0n) is 14.9. The highest BCUT2D eigenvalue weighted by molar-refractivity contribution is 5.79. The SMILES string of the molecule is CC(C)COC1CCN(CC(=O)N(CC(C)C)C2CC2)CC1. The van der Waals surface area contributed by atoms with Crippen LogP contribution in [0.15, 0.2) is 0 Å². The average Bonchev–Trinajstić information content (AvgIpc) is 3.28. The van der Waals surface area contributed by atoms with Crippen molar-refractivity contribution in [2.75, 3.05) is 32.8 Å². The number of rotatable bonds is 8. The topological polar surface area (TPSA) is 32.8 Å². The Morgan fingerprint density at radius 1 is 1.09 bits per heavy atom. The molecule has 0 aromatic heterocycles. The predicted molar refractivity (Wildman–Crippen MR) is 89.8 cm³/mol. The minimum absolute atomic E-state index is 0.331. The minimum Gasteiger partial charge on any atom is -0.378 e. The van der Waals surface area contributed by atoms with Crippen molar-refractivity contribution in [1.82, 2.24) is 9.80 Å². The molecule has 0 radical (unpaired) electrons. The van der Waals surface area contributed by atoms with Crippen molar-refractivity contribution in [1.29, 1.82) is 0 Å². The molecule has 1 saturated heterocycles. The van der Waals surface area contributed by atoms with Gasteiger partial charge in [-0.15, -0.1) is 0 Å². The molecule has 0 spiro atoms. The lowest BCUT2D eigenvalue weighted by Crippen LogP contribution is -2.46. The number of amides is 1. The smallest absolute Gasteiger partial charge is 0.237 e. The van der Waals surface area contributed by atoms with E-state index in [4.69, 9.17) is 4.74 Å². The molecule has 22 heavy (non-hydrogen) atoms. The van der Waals surface area contributed by atoms with Crippen molar-refractivity contribution < 1.29 is 9.53 Å². The summed E-state index contributed by atoms with van der Waals surface area (Å²) in [5.74, 6) is 1.49. The predicted octanol–water partition coefficient (Wildman–Crippen LogP) is 2.77. The first kappa shape index (κ1) is 17.7. The molecule has 0 aromatic carbocycles. The van der Waals surface area contributed by atoms with Gasteiger partial charge in [0.05, 0.1) is 12.6 Å². The van der Waals surface area contributed by atoms with Gasteiger partial charge in [-0.25, -0.2) is 0 Å². The molecular weight excluding hydrogens is 276 g/mol. The molecule has 2 fully saturated rings. The lowest BCUT2D eigenvalue weighted by Gasteiger charge is -2.33. The summed E-state index contributed by atoms with van der Waals surface area (Å²) < 4.78 is 5.92. The van der Waals surface area contributed by atoms with Crippen LogP contribution >= 0.6 is 0 Å². The van der Waals surface area contributed by atoms with E-state index in [-0.39, 0.29) is 0 Å². The standard InChI is InChI=1S/C18H34N2O2/c1-14(2)11-20(16-5-6-16)18(21)12-19-9-7-17(8-10-19)22-13-15(3)4/h14-17H,5-13H2,1-4H3. The Balaban J connectivity index is 1.71. The van der Waals surface area contributed by atoms with Gasteiger partial charge in [0.15, 0.2) is 0 Å². The second kappa shape index (κ2) is 8.30. The highest BCUT2D eigenvalue weighted by Crippen LogP contribution is 2.28. The summed E-state index contributed by atoms with van der Waals surface area (Å²) in [5.41, 5.74) is 0. The van der Waals surface area contributed by atoms with Crippen molar-refractivity contribution in [3.05, 3.63) is 0 Å². The van der Waals surface area contributed by atoms with Crippen molar-refractivity contribution in [2.45, 2.75) is 65.5 Å². The fourth-order valence-corrected chi connectivity index (χ4v) is 3.08. The van der Waals surface area contributed by atoms with E-state index in [1.165, 1.54) is 12.8 Å². The molecule has 2 rings (SSSR count). The van der Waals surface area contributed by atoms with E-state index in [0.29, 0.717) is 36.4 Å². The van der Waals surface area contributed by atoms with Gasteiger partial charge in [-0.1, -0.05) is 27.7 Å². The van der Waals surface area contributed by atoms with Gasteiger partial charge in [0.2, 0.25) is 5.91 Å². The lowest BCUT2D eigenvalue weighted by molar-refractivity contribution is -0.134. The first-order valence-corrected chi connectivity index (χ1v) is 9.09. The lowest BCUT2D eigenvalue weighted by atomic mass is 10.1. The summed E-state index contributed by atoms with van der Waals surface area (Å²) >= 11 is 0. The molecule has 0 unspecified atom stereocenters. The minimum atomic E-state index is 0.331. The van der Waals surface area contributed by atoms with Crippen molar-refractivity contribution >= 4 is 5.91 Å². The van der Waals surface area contributed by atoms with Crippen LogP contribution in [0.5, 0.6) is 0 Å². The van der Waals surface area contributed by atoms with E-state index in [1.807, 2.05) is 0 Å². The van der Waals surface area contributed by atoms with Crippen LogP contribution in [0.2, 0.25) is 0 Å². The zero-order chi connectivity index (χ0) is 16.1. The van der Waals surface area contributed by atoms with Crippen molar-refractivity contribution in [3.8, 4) is 0 Å². The zero-order valence-corrected chi connectivity index (χ0v) is 14.9. The third-order valence-electron chi connectivity index (χ3n) is 4.43. The molecule has 0 bridgehead atoms. The van der Waals surface area contributed by atoms with Crippen LogP contribution in [-0.4, -0.2) is 60.6 Å². The van der Waals surface area contributed by atoms with E-state index in [2.05, 4.69) is 37.5 Å². The molecule has 1 aliphatic heterocycles. The number of nitrogens with zero attached hydrogens (tertiary/aromatic N) is 2. The number of hydrogen-bond acceptors (Lipinski definition) is 3. The fourth-order valence-electron chi connectivity index (χ4n) is 3.08. The molecule has 0 aromatic rings. The molecule has 4 nitrogen and oxygen atoms in total. The number of hydrogen-bond donors (Lipinski definition) is 0. The van der Waals surface area contributed by atoms with Gasteiger partial charge in [0.1, 0.15) is 0 Å². The van der Waals surface area contributed by atoms with E-state index in [9.17, 15) is 4.79 Å². The molecular formula is C18H34N2O2. The fraction of sp³-hybridized carbons (Fsp3) is 0.944. The van der Waals surface area contributed by atoms with Gasteiger partial charge in [-0.2, -0.15) is 0 Å².